The van der Waals surface area contributed by atoms with Crippen LogP contribution in [0.1, 0.15) is 0 Å². The van der Waals surface area contributed by atoms with Gasteiger partial charge < -0.3 is 14.0 Å². The number of fused-ring (bicyclic) bond motifs is 1. The van der Waals surface area contributed by atoms with E-state index in [9.17, 15) is 21.6 Å². The first-order valence-corrected chi connectivity index (χ1v) is 14.9. The second-order valence-electron chi connectivity index (χ2n) is 8.56. The van der Waals surface area contributed by atoms with E-state index in [0.717, 1.165) is 28.3 Å². The van der Waals surface area contributed by atoms with Crippen LogP contribution in [0.25, 0.3) is 22.0 Å². The summed E-state index contributed by atoms with van der Waals surface area (Å²) in [5.74, 6) is 0.665. The third-order valence-electron chi connectivity index (χ3n) is 5.29. The van der Waals surface area contributed by atoms with Crippen molar-refractivity contribution >= 4 is 31.0 Å². The lowest BCUT2D eigenvalue weighted by atomic mass is 10.1. The molecule has 41 heavy (non-hydrogen) atoms. The summed E-state index contributed by atoms with van der Waals surface area (Å²) in [6, 6.07) is 23.6. The van der Waals surface area contributed by atoms with Crippen LogP contribution in [0.15, 0.2) is 79.0 Å². The maximum Gasteiger partial charge on any atom is 0.485 e. The number of hydrogen-bond acceptors (Lipinski definition) is 9. The number of ether oxygens (including phenoxy) is 2. The van der Waals surface area contributed by atoms with Gasteiger partial charge in [0.25, 0.3) is 10.1 Å². The van der Waals surface area contributed by atoms with Crippen LogP contribution in [0.5, 0.6) is 5.75 Å². The van der Waals surface area contributed by atoms with Crippen LogP contribution >= 0.6 is 0 Å². The van der Waals surface area contributed by atoms with Crippen molar-refractivity contribution in [1.82, 2.24) is 9.90 Å². The van der Waals surface area contributed by atoms with Crippen molar-refractivity contribution in [2.45, 2.75) is 18.3 Å². The van der Waals surface area contributed by atoms with Gasteiger partial charge in [-0.1, -0.05) is 60.7 Å². The molecule has 0 saturated heterocycles. The molecule has 0 N–H and O–H groups in total. The molecule has 0 radical (unpaired) electrons. The highest BCUT2D eigenvalue weighted by molar-refractivity contribution is 7.86. The largest absolute Gasteiger partial charge is 0.741 e. The van der Waals surface area contributed by atoms with Crippen LogP contribution in [-0.4, -0.2) is 62.4 Å². The van der Waals surface area contributed by atoms with Gasteiger partial charge in [0.2, 0.25) is 6.73 Å². The highest BCUT2D eigenvalue weighted by atomic mass is 32.2. The first kappa shape index (κ1) is 32.0. The van der Waals surface area contributed by atoms with Gasteiger partial charge in [-0.2, -0.15) is 21.6 Å². The molecule has 4 rings (SSSR count). The minimum atomic E-state index is -6.09. The number of benzene rings is 3. The van der Waals surface area contributed by atoms with Crippen molar-refractivity contribution in [3.05, 3.63) is 79.0 Å². The minimum Gasteiger partial charge on any atom is -0.741 e. The molecule has 0 saturated carbocycles. The van der Waals surface area contributed by atoms with E-state index in [-0.39, 0.29) is 19.9 Å². The van der Waals surface area contributed by atoms with Gasteiger partial charge in [0.15, 0.2) is 22.0 Å². The second-order valence-corrected chi connectivity index (χ2v) is 11.6. The predicted molar refractivity (Wildman–Crippen MR) is 140 cm³/mol. The molecule has 0 fully saturated rings. The highest BCUT2D eigenvalue weighted by Gasteiger charge is 2.36. The molecular weight excluding hydrogens is 591 g/mol. The van der Waals surface area contributed by atoms with Gasteiger partial charge in [0.1, 0.15) is 25.5 Å². The zero-order valence-corrected chi connectivity index (χ0v) is 23.4. The number of rotatable bonds is 10. The Bertz CT molecular complexity index is 1660. The van der Waals surface area contributed by atoms with Crippen LogP contribution in [0.3, 0.4) is 0 Å². The lowest BCUT2D eigenvalue weighted by Crippen LogP contribution is -2.41. The summed E-state index contributed by atoms with van der Waals surface area (Å²) in [6.45, 7) is 0.0672. The van der Waals surface area contributed by atoms with Crippen molar-refractivity contribution < 1.29 is 52.9 Å². The van der Waals surface area contributed by atoms with E-state index in [1.165, 1.54) is 0 Å². The second kappa shape index (κ2) is 13.4. The molecule has 0 aliphatic carbocycles. The predicted octanol–water partition coefficient (Wildman–Crippen LogP) is 2.98. The zero-order chi connectivity index (χ0) is 30.3. The summed E-state index contributed by atoms with van der Waals surface area (Å²) in [5.41, 5.74) is -3.69. The molecule has 0 amide bonds. The van der Waals surface area contributed by atoms with Gasteiger partial charge in [-0.05, 0) is 22.9 Å². The molecule has 16 heteroatoms. The third-order valence-corrected chi connectivity index (χ3v) is 6.42. The summed E-state index contributed by atoms with van der Waals surface area (Å²) >= 11 is 0. The van der Waals surface area contributed by atoms with E-state index in [2.05, 4.69) is 5.21 Å². The molecule has 4 aromatic rings. The number of nitrogens with zero attached hydrogens (tertiary/aromatic N) is 3. The quantitative estimate of drug-likeness (QED) is 0.114. The SMILES string of the molecule is Cn1n[n+](COC(COc2ccc3ccccc3c2)COS(C)(=O)=O)cc1-c1ccccc1.O=S(=O)([O-])C(F)(F)F. The van der Waals surface area contributed by atoms with Crippen molar-refractivity contribution in [1.29, 1.82) is 0 Å². The highest BCUT2D eigenvalue weighted by Crippen LogP contribution is 2.21. The summed E-state index contributed by atoms with van der Waals surface area (Å²) in [5, 5.41) is 6.59. The summed E-state index contributed by atoms with van der Waals surface area (Å²) in [6.07, 6.45) is 2.25. The fourth-order valence-corrected chi connectivity index (χ4v) is 3.78. The molecule has 1 heterocycles. The van der Waals surface area contributed by atoms with Gasteiger partial charge in [-0.25, -0.2) is 8.42 Å². The third kappa shape index (κ3) is 10.1. The number of aryl methyl sites for hydroxylation is 1. The molecule has 0 bridgehead atoms. The summed E-state index contributed by atoms with van der Waals surface area (Å²) < 4.78 is 102. The molecule has 3 aromatic carbocycles. The Kier molecular flexibility index (Phi) is 10.4. The fraction of sp³-hybridized carbons (Fsp3) is 0.280. The average molecular weight is 618 g/mol. The smallest absolute Gasteiger partial charge is 0.485 e. The average Bonchev–Trinajstić information content (AvgIpc) is 3.27. The molecule has 222 valence electrons. The van der Waals surface area contributed by atoms with Crippen LogP contribution in [0.4, 0.5) is 13.2 Å². The Morgan fingerprint density at radius 2 is 1.56 bits per heavy atom. The molecule has 11 nitrogen and oxygen atoms in total. The van der Waals surface area contributed by atoms with Gasteiger partial charge in [-0.3, -0.25) is 4.18 Å². The number of hydrogen-bond donors (Lipinski definition) is 0. The first-order valence-electron chi connectivity index (χ1n) is 11.7. The van der Waals surface area contributed by atoms with Crippen molar-refractivity contribution in [2.75, 3.05) is 19.5 Å². The molecular formula is C25H26F3N3O8S2. The molecule has 0 aliphatic heterocycles. The van der Waals surface area contributed by atoms with Crippen LogP contribution in [0.2, 0.25) is 0 Å². The summed E-state index contributed by atoms with van der Waals surface area (Å²) in [7, 11) is -7.85. The maximum atomic E-state index is 11.5. The van der Waals surface area contributed by atoms with Crippen molar-refractivity contribution in [3.8, 4) is 17.0 Å². The minimum absolute atomic E-state index is 0.111. The number of alkyl halides is 3. The van der Waals surface area contributed by atoms with Gasteiger partial charge >= 0.3 is 5.51 Å². The molecule has 1 aromatic heterocycles. The van der Waals surface area contributed by atoms with Gasteiger partial charge in [0, 0.05) is 5.56 Å². The van der Waals surface area contributed by atoms with E-state index in [1.807, 2.05) is 86.0 Å². The van der Waals surface area contributed by atoms with E-state index in [1.54, 1.807) is 9.36 Å². The Morgan fingerprint density at radius 1 is 0.951 bits per heavy atom. The molecule has 1 atom stereocenters. The lowest BCUT2D eigenvalue weighted by Gasteiger charge is -2.17. The molecule has 1 unspecified atom stereocenters. The van der Waals surface area contributed by atoms with E-state index < -0.39 is 31.8 Å². The zero-order valence-electron chi connectivity index (χ0n) is 21.8. The van der Waals surface area contributed by atoms with Crippen LogP contribution in [-0.2, 0) is 42.9 Å². The van der Waals surface area contributed by atoms with Gasteiger partial charge in [0.05, 0.1) is 18.1 Å². The topological polar surface area (TPSA) is 141 Å². The van der Waals surface area contributed by atoms with E-state index in [4.69, 9.17) is 26.6 Å². The Labute approximate surface area is 234 Å². The lowest BCUT2D eigenvalue weighted by molar-refractivity contribution is -0.787. The van der Waals surface area contributed by atoms with E-state index >= 15 is 0 Å². The monoisotopic (exact) mass is 617 g/mol. The Hall–Kier alpha value is -3.57. The normalized spacial score (nSPS) is 12.9. The standard InChI is InChI=1S/C24H26N3O5S.CHF3O3S/c1-26-24(20-9-4-3-5-10-20)15-27(25-26)18-31-23(17-32-33(2,28)29)16-30-22-13-12-19-8-6-7-11-21(19)14-22;2-1(3,4)8(5,6)7/h3-15,23H,16-18H2,1-2H3;(H,5,6,7)/q+1;/p-1. The van der Waals surface area contributed by atoms with Crippen molar-refractivity contribution in [2.24, 2.45) is 7.05 Å². The summed E-state index contributed by atoms with van der Waals surface area (Å²) in [4.78, 5) is 0. The van der Waals surface area contributed by atoms with Crippen LogP contribution in [0, 0.1) is 0 Å². The first-order chi connectivity index (χ1) is 19.1. The van der Waals surface area contributed by atoms with Crippen LogP contribution < -0.4 is 9.42 Å². The number of aromatic nitrogens is 3. The molecule has 0 aliphatic rings. The molecule has 0 spiro atoms. The fourth-order valence-electron chi connectivity index (χ4n) is 3.38. The Balaban J connectivity index is 0.000000507. The van der Waals surface area contributed by atoms with Gasteiger partial charge in [-0.15, -0.1) is 9.36 Å². The Morgan fingerprint density at radius 3 is 2.17 bits per heavy atom. The number of halogens is 3. The van der Waals surface area contributed by atoms with E-state index in [0.29, 0.717) is 5.75 Å². The van der Waals surface area contributed by atoms with Crippen molar-refractivity contribution in [3.63, 3.8) is 0 Å². The maximum absolute atomic E-state index is 11.5.